The van der Waals surface area contributed by atoms with Gasteiger partial charge in [-0.15, -0.1) is 0 Å². The number of ether oxygens (including phenoxy) is 3. The van der Waals surface area contributed by atoms with Crippen LogP contribution in [0, 0.1) is 11.8 Å². The second-order valence-electron chi connectivity index (χ2n) is 16.1. The number of carbonyl (C=O) groups excluding carboxylic acids is 4. The number of aliphatic hydroxyl groups is 7. The molecule has 0 radical (unpaired) electrons. The molecule has 334 valence electrons. The number of fused-ring (bicyclic) bond motifs is 2. The smallest absolute Gasteiger partial charge is 0.308 e. The SMILES string of the molecule is CC(=O)Oc1cc(CO)c2c3c1/C=C/c1cccc(c1)C[C@H](O)CC[C@@H](N)C#CCc1c(O[C@H]4O[C@@H](C)[C@@H](O)C(O)(O)[C@H]4O)c(Cc4cccc(CO)c4C=O)c(O)c(c1C3=O)C2=O. The average Bonchev–Trinajstić information content (AvgIpc) is 3.26. The quantitative estimate of drug-likeness (QED) is 0.0353. The van der Waals surface area contributed by atoms with Gasteiger partial charge in [0, 0.05) is 58.7 Å². The highest BCUT2D eigenvalue weighted by Crippen LogP contribution is 2.48. The number of hydrogen-bond donors (Lipinski definition) is 9. The molecule has 0 unspecified atom stereocenters. The summed E-state index contributed by atoms with van der Waals surface area (Å²) < 4.78 is 17.6. The van der Waals surface area contributed by atoms with Crippen molar-refractivity contribution in [3.05, 3.63) is 121 Å². The molecule has 3 aliphatic rings. The summed E-state index contributed by atoms with van der Waals surface area (Å²) in [4.78, 5) is 55.6. The third-order valence-corrected chi connectivity index (χ3v) is 11.7. The number of carbonyl (C=O) groups is 4. The van der Waals surface area contributed by atoms with Crippen LogP contribution in [0.5, 0.6) is 17.2 Å². The lowest BCUT2D eigenvalue weighted by atomic mass is 9.75. The summed E-state index contributed by atoms with van der Waals surface area (Å²) in [6.07, 6.45) is -5.28. The summed E-state index contributed by atoms with van der Waals surface area (Å²) in [5.74, 6) is -1.55. The number of aldehydes is 1. The van der Waals surface area contributed by atoms with Crippen LogP contribution in [-0.4, -0.2) is 107 Å². The van der Waals surface area contributed by atoms with Crippen LogP contribution in [0.3, 0.4) is 0 Å². The number of phenolic OH excluding ortho intramolecular Hbond substituents is 1. The topological polar surface area (TPSA) is 284 Å². The van der Waals surface area contributed by atoms with Gasteiger partial charge in [-0.05, 0) is 66.1 Å². The van der Waals surface area contributed by atoms with E-state index in [2.05, 4.69) is 11.8 Å². The Morgan fingerprint density at radius 3 is 2.33 bits per heavy atom. The van der Waals surface area contributed by atoms with Crippen LogP contribution in [0.4, 0.5) is 0 Å². The van der Waals surface area contributed by atoms with Crippen LogP contribution in [0.1, 0.15) is 113 Å². The van der Waals surface area contributed by atoms with E-state index in [9.17, 15) is 50.4 Å². The fourth-order valence-electron chi connectivity index (χ4n) is 8.45. The van der Waals surface area contributed by atoms with Crippen molar-refractivity contribution in [3.8, 4) is 29.1 Å². The maximum absolute atomic E-state index is 15.5. The van der Waals surface area contributed by atoms with E-state index in [0.29, 0.717) is 11.8 Å². The molecule has 4 aromatic rings. The number of ketones is 2. The van der Waals surface area contributed by atoms with Gasteiger partial charge in [-0.25, -0.2) is 0 Å². The van der Waals surface area contributed by atoms with E-state index in [1.165, 1.54) is 37.3 Å². The molecule has 16 nitrogen and oxygen atoms in total. The van der Waals surface area contributed by atoms with Gasteiger partial charge in [-0.3, -0.25) is 19.2 Å². The summed E-state index contributed by atoms with van der Waals surface area (Å²) in [6, 6.07) is 12.1. The molecular formula is C48H47NO15. The van der Waals surface area contributed by atoms with Gasteiger partial charge in [0.1, 0.15) is 23.4 Å². The third-order valence-electron chi connectivity index (χ3n) is 11.7. The van der Waals surface area contributed by atoms with Crippen molar-refractivity contribution in [1.82, 2.24) is 0 Å². The zero-order valence-corrected chi connectivity index (χ0v) is 34.8. The first-order chi connectivity index (χ1) is 30.5. The first kappa shape index (κ1) is 45.9. The van der Waals surface area contributed by atoms with Crippen molar-refractivity contribution in [2.75, 3.05) is 0 Å². The largest absolute Gasteiger partial charge is 0.507 e. The van der Waals surface area contributed by atoms with Gasteiger partial charge in [0.05, 0.1) is 37.0 Å². The molecule has 1 heterocycles. The summed E-state index contributed by atoms with van der Waals surface area (Å²) in [5, 5.41) is 87.6. The van der Waals surface area contributed by atoms with Crippen molar-refractivity contribution >= 4 is 36.0 Å². The lowest BCUT2D eigenvalue weighted by Gasteiger charge is -2.44. The number of hydrogen-bond acceptors (Lipinski definition) is 16. The van der Waals surface area contributed by atoms with Crippen molar-refractivity contribution < 1.29 is 74.2 Å². The minimum atomic E-state index is -3.21. The highest BCUT2D eigenvalue weighted by atomic mass is 16.7. The fraction of sp³-hybridized carbons (Fsp3) is 0.333. The van der Waals surface area contributed by atoms with Crippen molar-refractivity contribution in [1.29, 1.82) is 0 Å². The monoisotopic (exact) mass is 877 g/mol. The standard InChI is InChI=1S/C48H47NO15/c1-23-45(58)48(60,61)46(59)47(62-23)64-44-33-11-5-10-30(49)13-14-31(54)17-26-7-3-6-25(16-26)12-15-32-36(63-24(2)53)19-29(21-51)37-38(32)43(57)39(33)40(42(37)56)41(55)34(44)18-27-8-4-9-28(20-50)35(27)22-52/h3-4,6-9,12,15-16,19,22-23,30-31,45-47,50-51,54-55,58-61H,11,13-14,17-18,20-21,49H2,1-2H3/b15-12+/t23-,30-,31+,45+,46-,47+/m0/s1. The predicted molar refractivity (Wildman–Crippen MR) is 227 cm³/mol. The normalized spacial score (nSPS) is 23.2. The molecule has 4 aromatic carbocycles. The minimum absolute atomic E-state index is 0.0152. The van der Waals surface area contributed by atoms with Gasteiger partial charge >= 0.3 is 5.97 Å². The van der Waals surface area contributed by atoms with E-state index in [1.807, 2.05) is 6.07 Å². The first-order valence-corrected chi connectivity index (χ1v) is 20.5. The van der Waals surface area contributed by atoms with Crippen LogP contribution in [0.2, 0.25) is 0 Å². The fourth-order valence-corrected chi connectivity index (χ4v) is 8.45. The molecule has 64 heavy (non-hydrogen) atoms. The van der Waals surface area contributed by atoms with Crippen LogP contribution in [0.25, 0.3) is 12.2 Å². The van der Waals surface area contributed by atoms with Gasteiger partial charge in [0.15, 0.2) is 24.0 Å². The second-order valence-corrected chi connectivity index (χ2v) is 16.1. The molecule has 10 N–H and O–H groups in total. The van der Waals surface area contributed by atoms with E-state index in [0.717, 1.165) is 12.5 Å². The van der Waals surface area contributed by atoms with Crippen molar-refractivity contribution in [2.24, 2.45) is 5.73 Å². The Morgan fingerprint density at radius 1 is 0.922 bits per heavy atom. The van der Waals surface area contributed by atoms with Crippen LogP contribution < -0.4 is 15.2 Å². The summed E-state index contributed by atoms with van der Waals surface area (Å²) >= 11 is 0. The molecule has 0 saturated carbocycles. The number of phenols is 1. The maximum atomic E-state index is 15.5. The number of benzene rings is 4. The van der Waals surface area contributed by atoms with E-state index in [-0.39, 0.29) is 75.1 Å². The number of aliphatic hydroxyl groups excluding tert-OH is 5. The summed E-state index contributed by atoms with van der Waals surface area (Å²) in [7, 11) is 0. The molecule has 1 fully saturated rings. The molecule has 0 spiro atoms. The Balaban J connectivity index is 1.58. The van der Waals surface area contributed by atoms with Gasteiger partial charge in [-0.2, -0.15) is 0 Å². The van der Waals surface area contributed by atoms with Crippen LogP contribution >= 0.6 is 0 Å². The molecule has 0 amide bonds. The molecule has 0 aromatic heterocycles. The average molecular weight is 878 g/mol. The van der Waals surface area contributed by atoms with Gasteiger partial charge in [0.2, 0.25) is 12.1 Å². The lowest BCUT2D eigenvalue weighted by molar-refractivity contribution is -0.371. The minimum Gasteiger partial charge on any atom is -0.507 e. The Hall–Kier alpha value is -6.10. The third kappa shape index (κ3) is 8.61. The molecule has 1 aliphatic heterocycles. The van der Waals surface area contributed by atoms with Crippen molar-refractivity contribution in [3.63, 3.8) is 0 Å². The molecule has 2 aliphatic carbocycles. The van der Waals surface area contributed by atoms with Crippen LogP contribution in [-0.2, 0) is 42.0 Å². The van der Waals surface area contributed by atoms with E-state index < -0.39 is 109 Å². The summed E-state index contributed by atoms with van der Waals surface area (Å²) in [6.45, 7) is 1.01. The van der Waals surface area contributed by atoms with Crippen molar-refractivity contribution in [2.45, 2.75) is 102 Å². The van der Waals surface area contributed by atoms with E-state index >= 15 is 9.59 Å². The molecule has 7 rings (SSSR count). The summed E-state index contributed by atoms with van der Waals surface area (Å²) in [5.41, 5.74) is 5.87. The lowest BCUT2D eigenvalue weighted by Crippen LogP contribution is -2.67. The Labute approximate surface area is 366 Å². The van der Waals surface area contributed by atoms with Crippen LogP contribution in [0.15, 0.2) is 48.5 Å². The highest BCUT2D eigenvalue weighted by molar-refractivity contribution is 6.32. The highest BCUT2D eigenvalue weighted by Gasteiger charge is 2.55. The second kappa shape index (κ2) is 18.6. The molecule has 16 heteroatoms. The molecule has 4 bridgehead atoms. The Bertz CT molecular complexity index is 2640. The molecule has 6 atom stereocenters. The zero-order chi connectivity index (χ0) is 46.2. The molecule has 1 saturated heterocycles. The van der Waals surface area contributed by atoms with Gasteiger partial charge in [-0.1, -0.05) is 60.4 Å². The van der Waals surface area contributed by atoms with Gasteiger partial charge < -0.3 is 60.8 Å². The molecular weight excluding hydrogens is 831 g/mol. The van der Waals surface area contributed by atoms with E-state index in [1.54, 1.807) is 24.3 Å². The van der Waals surface area contributed by atoms with E-state index in [4.69, 9.17) is 19.9 Å². The number of aromatic hydroxyl groups is 1. The zero-order valence-electron chi connectivity index (χ0n) is 34.8. The predicted octanol–water partition coefficient (Wildman–Crippen LogP) is 1.75. The van der Waals surface area contributed by atoms with Gasteiger partial charge in [0.25, 0.3) is 0 Å². The maximum Gasteiger partial charge on any atom is 0.308 e. The number of esters is 1. The number of nitrogens with two attached hydrogens (primary N) is 1. The number of rotatable bonds is 8. The first-order valence-electron chi connectivity index (χ1n) is 20.5. The Morgan fingerprint density at radius 2 is 1.62 bits per heavy atom. The Kier molecular flexibility index (Phi) is 13.3.